The van der Waals surface area contributed by atoms with Crippen molar-refractivity contribution in [3.8, 4) is 11.5 Å². The van der Waals surface area contributed by atoms with E-state index in [1.165, 1.54) is 11.3 Å². The van der Waals surface area contributed by atoms with Gasteiger partial charge in [0.05, 0.1) is 27.3 Å². The molecule has 1 saturated heterocycles. The second kappa shape index (κ2) is 10.5. The van der Waals surface area contributed by atoms with E-state index in [2.05, 4.69) is 15.6 Å². The number of piperidine rings is 1. The average Bonchev–Trinajstić information content (AvgIpc) is 3.27. The van der Waals surface area contributed by atoms with Gasteiger partial charge in [-0.2, -0.15) is 0 Å². The maximum absolute atomic E-state index is 14.2. The predicted octanol–water partition coefficient (Wildman–Crippen LogP) is 6.36. The highest BCUT2D eigenvalue weighted by atomic mass is 32.1. The lowest BCUT2D eigenvalue weighted by atomic mass is 10.0. The molecular weight excluding hydrogens is 517 g/mol. The molecule has 39 heavy (non-hydrogen) atoms. The van der Waals surface area contributed by atoms with Crippen LogP contribution in [0.2, 0.25) is 0 Å². The topological polar surface area (TPSA) is 79.0 Å². The zero-order chi connectivity index (χ0) is 27.1. The summed E-state index contributed by atoms with van der Waals surface area (Å²) in [5, 5.41) is 7.40. The number of hydrogen-bond donors (Lipinski definition) is 2. The predicted molar refractivity (Wildman–Crippen MR) is 152 cm³/mol. The molecule has 1 fully saturated rings. The molecule has 0 spiro atoms. The number of thiophene rings is 1. The quantitative estimate of drug-likeness (QED) is 0.262. The molecule has 2 N–H and O–H groups in total. The number of halogens is 1. The zero-order valence-corrected chi connectivity index (χ0v) is 22.8. The molecule has 8 nitrogen and oxygen atoms in total. The lowest BCUT2D eigenvalue weighted by Crippen LogP contribution is -2.49. The number of urea groups is 1. The molecule has 10 heteroatoms. The number of amides is 2. The van der Waals surface area contributed by atoms with Crippen LogP contribution in [0.25, 0.3) is 10.2 Å². The van der Waals surface area contributed by atoms with Crippen molar-refractivity contribution in [3.05, 3.63) is 71.2 Å². The van der Waals surface area contributed by atoms with Crippen molar-refractivity contribution in [1.29, 1.82) is 0 Å². The number of likely N-dealkylation sites (tertiary alicyclic amines) is 1. The van der Waals surface area contributed by atoms with Crippen LogP contribution in [0, 0.1) is 6.92 Å². The number of rotatable bonds is 7. The van der Waals surface area contributed by atoms with Crippen LogP contribution in [0.1, 0.15) is 23.1 Å². The van der Waals surface area contributed by atoms with Gasteiger partial charge < -0.3 is 19.7 Å². The summed E-state index contributed by atoms with van der Waals surface area (Å²) in [4.78, 5) is 23.5. The molecule has 1 unspecified atom stereocenters. The summed E-state index contributed by atoms with van der Waals surface area (Å²) in [5.41, 5.74) is 3.07. The lowest BCUT2D eigenvalue weighted by molar-refractivity contribution is 0.0414. The Bertz CT molecular complexity index is 1500. The summed E-state index contributed by atoms with van der Waals surface area (Å²) in [7, 11) is 3.53. The maximum Gasteiger partial charge on any atom is 0.331 e. The van der Waals surface area contributed by atoms with Crippen LogP contribution < -0.4 is 20.3 Å². The van der Waals surface area contributed by atoms with Gasteiger partial charge in [0.2, 0.25) is 0 Å². The molecule has 202 valence electrons. The summed E-state index contributed by atoms with van der Waals surface area (Å²) in [6, 6.07) is 16.8. The van der Waals surface area contributed by atoms with Gasteiger partial charge in [-0.15, -0.1) is 11.3 Å². The Morgan fingerprint density at radius 3 is 2.69 bits per heavy atom. The van der Waals surface area contributed by atoms with Crippen LogP contribution in [0.5, 0.6) is 11.5 Å². The van der Waals surface area contributed by atoms with E-state index in [-0.39, 0.29) is 12.1 Å². The monoisotopic (exact) mass is 547 g/mol. The van der Waals surface area contributed by atoms with E-state index < -0.39 is 12.4 Å². The SMILES string of the molecule is COC(N[C@@H]1C[C@H](F)CN(C)C1)c1sc2nccc3c2c1NC(=O)N3c1ccc(Oc2ccccc2)cc1C. The van der Waals surface area contributed by atoms with Gasteiger partial charge in [0.15, 0.2) is 0 Å². The zero-order valence-electron chi connectivity index (χ0n) is 22.0. The number of anilines is 3. The number of carbonyl (C=O) groups is 1. The van der Waals surface area contributed by atoms with Crippen molar-refractivity contribution < 1.29 is 18.7 Å². The number of hydrogen-bond acceptors (Lipinski definition) is 7. The van der Waals surface area contributed by atoms with Gasteiger partial charge in [-0.25, -0.2) is 14.2 Å². The number of benzene rings is 2. The van der Waals surface area contributed by atoms with Crippen molar-refractivity contribution in [2.45, 2.75) is 31.8 Å². The fourth-order valence-electron chi connectivity index (χ4n) is 5.43. The van der Waals surface area contributed by atoms with Gasteiger partial charge >= 0.3 is 6.03 Å². The van der Waals surface area contributed by atoms with E-state index in [0.29, 0.717) is 30.9 Å². The van der Waals surface area contributed by atoms with Crippen LogP contribution in [-0.2, 0) is 4.74 Å². The minimum absolute atomic E-state index is 0.0800. The van der Waals surface area contributed by atoms with E-state index in [4.69, 9.17) is 9.47 Å². The lowest BCUT2D eigenvalue weighted by Gasteiger charge is -2.35. The highest BCUT2D eigenvalue weighted by Gasteiger charge is 2.35. The van der Waals surface area contributed by atoms with Crippen molar-refractivity contribution in [2.75, 3.05) is 37.5 Å². The molecule has 0 aliphatic carbocycles. The normalized spacial score (nSPS) is 20.2. The number of carbonyl (C=O) groups excluding carboxylic acids is 1. The van der Waals surface area contributed by atoms with Crippen LogP contribution in [0.15, 0.2) is 60.8 Å². The van der Waals surface area contributed by atoms with Crippen molar-refractivity contribution in [2.24, 2.45) is 0 Å². The number of pyridine rings is 1. The average molecular weight is 548 g/mol. The fraction of sp³-hybridized carbons (Fsp3) is 0.310. The van der Waals surface area contributed by atoms with Crippen molar-refractivity contribution >= 4 is 44.6 Å². The minimum atomic E-state index is -0.895. The third kappa shape index (κ3) is 4.96. The number of aromatic nitrogens is 1. The molecule has 0 radical (unpaired) electrons. The number of alkyl halides is 1. The van der Waals surface area contributed by atoms with Crippen molar-refractivity contribution in [1.82, 2.24) is 15.2 Å². The molecule has 3 atom stereocenters. The first kappa shape index (κ1) is 25.7. The summed E-state index contributed by atoms with van der Waals surface area (Å²) in [5.74, 6) is 1.44. The summed E-state index contributed by atoms with van der Waals surface area (Å²) >= 11 is 1.47. The Balaban J connectivity index is 1.33. The maximum atomic E-state index is 14.2. The number of aryl methyl sites for hydroxylation is 1. The third-order valence-corrected chi connectivity index (χ3v) is 8.25. The highest BCUT2D eigenvalue weighted by molar-refractivity contribution is 7.19. The number of ether oxygens (including phenoxy) is 2. The van der Waals surface area contributed by atoms with Crippen LogP contribution in [0.4, 0.5) is 26.2 Å². The standard InChI is InChI=1S/C29H30FN5O3S/c1-17-13-21(38-20-7-5-4-6-8-20)9-10-22(17)35-23-11-12-31-28-24(23)25(33-29(35)36)26(39-28)27(37-3)32-19-14-18(30)15-34(2)16-19/h4-13,18-19,27,32H,14-16H2,1-3H3,(H,33,36)/t18-,19+,27?/m0/s1. The largest absolute Gasteiger partial charge is 0.457 e. The Morgan fingerprint density at radius 1 is 1.13 bits per heavy atom. The number of methoxy groups -OCH3 is 1. The number of likely N-dealkylation sites (N-methyl/N-ethyl adjacent to an activating group) is 1. The molecule has 2 aromatic heterocycles. The molecule has 0 bridgehead atoms. The summed E-state index contributed by atoms with van der Waals surface area (Å²) in [6.45, 7) is 3.10. The summed E-state index contributed by atoms with van der Waals surface area (Å²) in [6.07, 6.45) is 0.721. The second-order valence-electron chi connectivity index (χ2n) is 10.0. The van der Waals surface area contributed by atoms with Gasteiger partial charge in [0.25, 0.3) is 0 Å². The fourth-order valence-corrected chi connectivity index (χ4v) is 6.59. The number of para-hydroxylation sites is 1. The first-order valence-electron chi connectivity index (χ1n) is 12.9. The van der Waals surface area contributed by atoms with Crippen LogP contribution in [-0.4, -0.2) is 55.4 Å². The van der Waals surface area contributed by atoms with Gasteiger partial charge in [-0.1, -0.05) is 18.2 Å². The highest BCUT2D eigenvalue weighted by Crippen LogP contribution is 2.48. The summed E-state index contributed by atoms with van der Waals surface area (Å²) < 4.78 is 26.0. The van der Waals surface area contributed by atoms with E-state index >= 15 is 0 Å². The smallest absolute Gasteiger partial charge is 0.331 e. The van der Waals surface area contributed by atoms with E-state index in [1.54, 1.807) is 18.2 Å². The van der Waals surface area contributed by atoms with Gasteiger partial charge in [0, 0.05) is 32.4 Å². The Morgan fingerprint density at radius 2 is 1.95 bits per heavy atom. The Kier molecular flexibility index (Phi) is 6.94. The van der Waals surface area contributed by atoms with Crippen molar-refractivity contribution in [3.63, 3.8) is 0 Å². The van der Waals surface area contributed by atoms with E-state index in [9.17, 15) is 9.18 Å². The molecule has 2 aromatic carbocycles. The molecule has 0 saturated carbocycles. The van der Waals surface area contributed by atoms with Crippen LogP contribution >= 0.6 is 11.3 Å². The molecule has 4 heterocycles. The van der Waals surface area contributed by atoms with Gasteiger partial charge in [-0.05, 0) is 62.4 Å². The molecular formula is C29H30FN5O3S. The number of nitrogens with one attached hydrogen (secondary N) is 2. The minimum Gasteiger partial charge on any atom is -0.457 e. The number of nitrogens with zero attached hydrogens (tertiary/aromatic N) is 3. The first-order chi connectivity index (χ1) is 18.9. The van der Waals surface area contributed by atoms with E-state index in [1.807, 2.05) is 73.5 Å². The first-order valence-corrected chi connectivity index (χ1v) is 13.7. The molecule has 4 aromatic rings. The molecule has 2 aliphatic heterocycles. The van der Waals surface area contributed by atoms with Gasteiger partial charge in [-0.3, -0.25) is 10.2 Å². The molecule has 2 aliphatic rings. The third-order valence-electron chi connectivity index (χ3n) is 7.10. The van der Waals surface area contributed by atoms with Crippen LogP contribution in [0.3, 0.4) is 0 Å². The van der Waals surface area contributed by atoms with E-state index in [0.717, 1.165) is 37.8 Å². The molecule has 2 amide bonds. The Hall–Kier alpha value is -3.57. The Labute approximate surface area is 230 Å². The second-order valence-corrected chi connectivity index (χ2v) is 11.0. The van der Waals surface area contributed by atoms with Gasteiger partial charge in [0.1, 0.15) is 28.7 Å². The molecule has 6 rings (SSSR count).